The summed E-state index contributed by atoms with van der Waals surface area (Å²) >= 11 is 0. The van der Waals surface area contributed by atoms with Crippen LogP contribution in [0.2, 0.25) is 0 Å². The third kappa shape index (κ3) is 4.03. The van der Waals surface area contributed by atoms with Gasteiger partial charge in [-0.3, -0.25) is 9.59 Å². The van der Waals surface area contributed by atoms with Crippen molar-refractivity contribution in [2.45, 2.75) is 19.8 Å². The van der Waals surface area contributed by atoms with E-state index in [-0.39, 0.29) is 12.2 Å². The molecule has 3 rings (SSSR count). The fourth-order valence-electron chi connectivity index (χ4n) is 2.16. The van der Waals surface area contributed by atoms with Crippen LogP contribution in [0.25, 0.3) is 0 Å². The molecule has 2 aromatic rings. The summed E-state index contributed by atoms with van der Waals surface area (Å²) in [6, 6.07) is 14.1. The Morgan fingerprint density at radius 3 is 2.43 bits per heavy atom. The number of nitrogen functional groups attached to an aromatic ring is 1. The lowest BCUT2D eigenvalue weighted by Crippen LogP contribution is -2.22. The highest BCUT2D eigenvalue weighted by molar-refractivity contribution is 6.02. The number of carbonyl (C=O) groups is 3. The highest BCUT2D eigenvalue weighted by Crippen LogP contribution is 2.16. The lowest BCUT2D eigenvalue weighted by Gasteiger charge is -2.12. The minimum absolute atomic E-state index is 0.100. The minimum Gasteiger partial charge on any atom is -0.398 e. The highest BCUT2D eigenvalue weighted by atomic mass is 16.6. The van der Waals surface area contributed by atoms with E-state index in [0.717, 1.165) is 5.56 Å². The van der Waals surface area contributed by atoms with Gasteiger partial charge >= 0.3 is 11.9 Å². The maximum atomic E-state index is 11.2. The third-order valence-electron chi connectivity index (χ3n) is 3.36. The first-order valence-corrected chi connectivity index (χ1v) is 7.23. The van der Waals surface area contributed by atoms with Crippen LogP contribution in [-0.4, -0.2) is 17.7 Å². The first-order valence-electron chi connectivity index (χ1n) is 7.23. The van der Waals surface area contributed by atoms with E-state index >= 15 is 0 Å². The van der Waals surface area contributed by atoms with Gasteiger partial charge in [-0.25, -0.2) is 4.79 Å². The standard InChI is InChI=1S/C9H11NO.C9H6O3/c1-2-9(11)7-5-3-4-6-8(7)10;10-8-5-6-3-1-2-4-7(6)9(11)12-8/h3-6H,2,10H2,1H3;1-4H,5H2. The van der Waals surface area contributed by atoms with E-state index in [1.165, 1.54) is 0 Å². The van der Waals surface area contributed by atoms with E-state index in [2.05, 4.69) is 4.74 Å². The molecule has 2 N–H and O–H groups in total. The van der Waals surface area contributed by atoms with Crippen LogP contribution in [0.4, 0.5) is 5.69 Å². The Morgan fingerprint density at radius 2 is 1.74 bits per heavy atom. The van der Waals surface area contributed by atoms with Crippen molar-refractivity contribution in [3.05, 3.63) is 65.2 Å². The average molecular weight is 311 g/mol. The number of cyclic esters (lactones) is 2. The van der Waals surface area contributed by atoms with E-state index in [0.29, 0.717) is 23.2 Å². The number of rotatable bonds is 2. The number of hydrogen-bond acceptors (Lipinski definition) is 5. The molecule has 1 heterocycles. The van der Waals surface area contributed by atoms with Gasteiger partial charge < -0.3 is 10.5 Å². The molecule has 0 saturated heterocycles. The van der Waals surface area contributed by atoms with Gasteiger partial charge in [0.05, 0.1) is 12.0 Å². The number of ether oxygens (including phenoxy) is 1. The summed E-state index contributed by atoms with van der Waals surface area (Å²) < 4.78 is 4.43. The number of carbonyl (C=O) groups excluding carboxylic acids is 3. The maximum Gasteiger partial charge on any atom is 0.346 e. The Morgan fingerprint density at radius 1 is 1.09 bits per heavy atom. The van der Waals surface area contributed by atoms with E-state index in [9.17, 15) is 14.4 Å². The molecule has 0 saturated carbocycles. The van der Waals surface area contributed by atoms with Crippen molar-refractivity contribution in [2.75, 3.05) is 5.73 Å². The Hall–Kier alpha value is -2.95. The van der Waals surface area contributed by atoms with Gasteiger partial charge in [0, 0.05) is 17.7 Å². The number of Topliss-reactive ketones (excluding diaryl/α,β-unsaturated/α-hetero) is 1. The SMILES string of the molecule is CCC(=O)c1ccccc1N.O=C1Cc2ccccc2C(=O)O1. The summed E-state index contributed by atoms with van der Waals surface area (Å²) in [6.45, 7) is 1.83. The maximum absolute atomic E-state index is 11.2. The van der Waals surface area contributed by atoms with Crippen molar-refractivity contribution in [1.29, 1.82) is 0 Å². The molecule has 0 aliphatic carbocycles. The number of hydrogen-bond donors (Lipinski definition) is 1. The van der Waals surface area contributed by atoms with Gasteiger partial charge in [0.15, 0.2) is 5.78 Å². The van der Waals surface area contributed by atoms with Crippen LogP contribution in [0, 0.1) is 0 Å². The zero-order valence-electron chi connectivity index (χ0n) is 12.7. The van der Waals surface area contributed by atoms with Gasteiger partial charge in [0.25, 0.3) is 0 Å². The second-order valence-corrected chi connectivity index (χ2v) is 4.96. The number of ketones is 1. The molecule has 0 bridgehead atoms. The quantitative estimate of drug-likeness (QED) is 0.399. The van der Waals surface area contributed by atoms with Gasteiger partial charge in [-0.2, -0.15) is 0 Å². The molecule has 1 aliphatic heterocycles. The Kier molecular flexibility index (Phi) is 5.25. The first kappa shape index (κ1) is 16.4. The molecule has 0 spiro atoms. The van der Waals surface area contributed by atoms with Crippen molar-refractivity contribution in [2.24, 2.45) is 0 Å². The van der Waals surface area contributed by atoms with Crippen molar-refractivity contribution in [3.63, 3.8) is 0 Å². The van der Waals surface area contributed by atoms with Crippen molar-refractivity contribution < 1.29 is 19.1 Å². The van der Waals surface area contributed by atoms with Crippen LogP contribution in [0.1, 0.15) is 39.6 Å². The van der Waals surface area contributed by atoms with E-state index < -0.39 is 11.9 Å². The van der Waals surface area contributed by atoms with Crippen LogP contribution < -0.4 is 5.73 Å². The smallest absolute Gasteiger partial charge is 0.346 e. The lowest BCUT2D eigenvalue weighted by atomic mass is 10.0. The fourth-order valence-corrected chi connectivity index (χ4v) is 2.16. The second kappa shape index (κ2) is 7.35. The molecule has 0 radical (unpaired) electrons. The van der Waals surface area contributed by atoms with Gasteiger partial charge in [0.2, 0.25) is 0 Å². The number of nitrogens with two attached hydrogens (primary N) is 1. The molecule has 5 heteroatoms. The molecule has 118 valence electrons. The topological polar surface area (TPSA) is 86.5 Å². The number of para-hydroxylation sites is 1. The number of esters is 2. The largest absolute Gasteiger partial charge is 0.398 e. The molecule has 5 nitrogen and oxygen atoms in total. The molecule has 2 aromatic carbocycles. The number of anilines is 1. The summed E-state index contributed by atoms with van der Waals surface area (Å²) in [4.78, 5) is 33.0. The van der Waals surface area contributed by atoms with Gasteiger partial charge in [-0.1, -0.05) is 37.3 Å². The molecule has 1 aliphatic rings. The monoisotopic (exact) mass is 311 g/mol. The van der Waals surface area contributed by atoms with Crippen molar-refractivity contribution in [1.82, 2.24) is 0 Å². The van der Waals surface area contributed by atoms with Crippen LogP contribution in [0.3, 0.4) is 0 Å². The Bertz CT molecular complexity index is 752. The molecule has 0 amide bonds. The van der Waals surface area contributed by atoms with E-state index in [4.69, 9.17) is 5.73 Å². The molecule has 0 atom stereocenters. The summed E-state index contributed by atoms with van der Waals surface area (Å²) in [7, 11) is 0. The predicted octanol–water partition coefficient (Wildman–Crippen LogP) is 2.79. The van der Waals surface area contributed by atoms with Gasteiger partial charge in [-0.05, 0) is 23.8 Å². The summed E-state index contributed by atoms with van der Waals surface area (Å²) in [6.07, 6.45) is 0.704. The minimum atomic E-state index is -0.540. The fraction of sp³-hybridized carbons (Fsp3) is 0.167. The van der Waals surface area contributed by atoms with E-state index in [1.54, 1.807) is 36.4 Å². The second-order valence-electron chi connectivity index (χ2n) is 4.96. The summed E-state index contributed by atoms with van der Waals surface area (Å²) in [5.41, 5.74) is 8.03. The molecule has 0 aromatic heterocycles. The Balaban J connectivity index is 0.000000168. The molecular weight excluding hydrogens is 294 g/mol. The van der Waals surface area contributed by atoms with E-state index in [1.807, 2.05) is 19.1 Å². The zero-order chi connectivity index (χ0) is 16.8. The van der Waals surface area contributed by atoms with Gasteiger partial charge in [-0.15, -0.1) is 0 Å². The Labute approximate surface area is 134 Å². The van der Waals surface area contributed by atoms with Crippen LogP contribution in [0.15, 0.2) is 48.5 Å². The van der Waals surface area contributed by atoms with Crippen LogP contribution in [-0.2, 0) is 16.0 Å². The van der Waals surface area contributed by atoms with Crippen LogP contribution in [0.5, 0.6) is 0 Å². The predicted molar refractivity (Wildman–Crippen MR) is 86.0 cm³/mol. The molecule has 0 fully saturated rings. The molecule has 23 heavy (non-hydrogen) atoms. The number of benzene rings is 2. The molecular formula is C18H17NO4. The third-order valence-corrected chi connectivity index (χ3v) is 3.36. The average Bonchev–Trinajstić information content (AvgIpc) is 2.55. The summed E-state index contributed by atoms with van der Waals surface area (Å²) in [5, 5.41) is 0. The van der Waals surface area contributed by atoms with Gasteiger partial charge in [0.1, 0.15) is 0 Å². The summed E-state index contributed by atoms with van der Waals surface area (Å²) in [5.74, 6) is -0.913. The normalized spacial score (nSPS) is 12.6. The highest BCUT2D eigenvalue weighted by Gasteiger charge is 2.23. The first-order chi connectivity index (χ1) is 11.0. The lowest BCUT2D eigenvalue weighted by molar-refractivity contribution is -0.137. The van der Waals surface area contributed by atoms with Crippen molar-refractivity contribution >= 4 is 23.4 Å². The zero-order valence-corrected chi connectivity index (χ0v) is 12.7. The van der Waals surface area contributed by atoms with Crippen molar-refractivity contribution in [3.8, 4) is 0 Å². The number of fused-ring (bicyclic) bond motifs is 1. The van der Waals surface area contributed by atoms with Crippen LogP contribution >= 0.6 is 0 Å². The molecule has 0 unspecified atom stereocenters.